The summed E-state index contributed by atoms with van der Waals surface area (Å²) in [4.78, 5) is 18.4. The number of aromatic nitrogens is 3. The highest BCUT2D eigenvalue weighted by molar-refractivity contribution is 5.65. The zero-order valence-corrected chi connectivity index (χ0v) is 13.5. The predicted octanol–water partition coefficient (Wildman–Crippen LogP) is 4.14. The molecule has 3 aromatic rings. The molecule has 0 spiro atoms. The first kappa shape index (κ1) is 16.4. The summed E-state index contributed by atoms with van der Waals surface area (Å²) in [5.74, 6) is 0.285. The monoisotopic (exact) mass is 361 g/mol. The molecule has 26 heavy (non-hydrogen) atoms. The molecule has 0 radical (unpaired) electrons. The van der Waals surface area contributed by atoms with Crippen molar-refractivity contribution in [1.82, 2.24) is 14.5 Å². The Hall–Kier alpha value is -3.03. The lowest BCUT2D eigenvalue weighted by atomic mass is 10.2. The normalized spacial score (nSPS) is 14.4. The van der Waals surface area contributed by atoms with E-state index in [2.05, 4.69) is 14.7 Å². The van der Waals surface area contributed by atoms with E-state index in [4.69, 9.17) is 0 Å². The topological polar surface area (TPSA) is 59.9 Å². The van der Waals surface area contributed by atoms with Crippen molar-refractivity contribution < 1.29 is 17.9 Å². The Morgan fingerprint density at radius 2 is 1.96 bits per heavy atom. The van der Waals surface area contributed by atoms with Crippen LogP contribution in [0.3, 0.4) is 0 Å². The highest BCUT2D eigenvalue weighted by Gasteiger charge is 2.32. The van der Waals surface area contributed by atoms with Gasteiger partial charge in [-0.1, -0.05) is 12.1 Å². The van der Waals surface area contributed by atoms with Gasteiger partial charge in [0.1, 0.15) is 11.6 Å². The van der Waals surface area contributed by atoms with Crippen LogP contribution in [-0.4, -0.2) is 20.9 Å². The van der Waals surface area contributed by atoms with E-state index in [1.165, 1.54) is 24.3 Å². The minimum Gasteiger partial charge on any atom is -0.406 e. The zero-order valence-electron chi connectivity index (χ0n) is 13.5. The third kappa shape index (κ3) is 3.49. The van der Waals surface area contributed by atoms with Gasteiger partial charge >= 0.3 is 6.36 Å². The maximum Gasteiger partial charge on any atom is 0.573 e. The number of nitrogens with one attached hydrogen (secondary N) is 1. The van der Waals surface area contributed by atoms with Crippen LogP contribution in [0.1, 0.15) is 18.9 Å². The van der Waals surface area contributed by atoms with E-state index >= 15 is 0 Å². The van der Waals surface area contributed by atoms with Gasteiger partial charge in [-0.3, -0.25) is 4.79 Å². The maximum atomic E-state index is 12.5. The van der Waals surface area contributed by atoms with E-state index < -0.39 is 6.36 Å². The van der Waals surface area contributed by atoms with Crippen LogP contribution in [0.15, 0.2) is 53.6 Å². The van der Waals surface area contributed by atoms with E-state index in [0.29, 0.717) is 17.1 Å². The summed E-state index contributed by atoms with van der Waals surface area (Å²) >= 11 is 0. The molecule has 0 unspecified atom stereocenters. The van der Waals surface area contributed by atoms with Gasteiger partial charge in [-0.25, -0.2) is 4.98 Å². The summed E-state index contributed by atoms with van der Waals surface area (Å²) in [7, 11) is 0. The van der Waals surface area contributed by atoms with Gasteiger partial charge in [0, 0.05) is 35.6 Å². The molecule has 8 heteroatoms. The fraction of sp³-hybridized carbons (Fsp3) is 0.222. The van der Waals surface area contributed by atoms with Gasteiger partial charge < -0.3 is 14.3 Å². The number of rotatable bonds is 4. The Morgan fingerprint density at radius 3 is 2.62 bits per heavy atom. The molecule has 1 aliphatic carbocycles. The second-order valence-corrected chi connectivity index (χ2v) is 6.11. The lowest BCUT2D eigenvalue weighted by Crippen LogP contribution is -2.17. The highest BCUT2D eigenvalue weighted by Crippen LogP contribution is 2.40. The molecule has 134 valence electrons. The van der Waals surface area contributed by atoms with Crippen molar-refractivity contribution in [1.29, 1.82) is 0 Å². The van der Waals surface area contributed by atoms with Crippen LogP contribution < -0.4 is 10.3 Å². The third-order valence-corrected chi connectivity index (χ3v) is 4.08. The van der Waals surface area contributed by atoms with Crippen LogP contribution in [0.5, 0.6) is 5.75 Å². The lowest BCUT2D eigenvalue weighted by Gasteiger charge is -2.10. The smallest absolute Gasteiger partial charge is 0.406 e. The molecule has 4 rings (SSSR count). The minimum atomic E-state index is -4.74. The first-order valence-corrected chi connectivity index (χ1v) is 8.03. The number of imidazole rings is 1. The third-order valence-electron chi connectivity index (χ3n) is 4.08. The van der Waals surface area contributed by atoms with Crippen LogP contribution in [0, 0.1) is 0 Å². The lowest BCUT2D eigenvalue weighted by molar-refractivity contribution is -0.274. The average Bonchev–Trinajstić information content (AvgIpc) is 3.33. The van der Waals surface area contributed by atoms with Crippen molar-refractivity contribution in [3.8, 4) is 28.4 Å². The maximum absolute atomic E-state index is 12.5. The van der Waals surface area contributed by atoms with Crippen LogP contribution >= 0.6 is 0 Å². The summed E-state index contributed by atoms with van der Waals surface area (Å²) in [5, 5.41) is 0. The van der Waals surface area contributed by atoms with Gasteiger partial charge in [0.25, 0.3) is 0 Å². The second-order valence-electron chi connectivity index (χ2n) is 6.11. The van der Waals surface area contributed by atoms with Crippen molar-refractivity contribution in [2.75, 3.05) is 0 Å². The van der Waals surface area contributed by atoms with Crippen molar-refractivity contribution in [3.05, 3.63) is 59.1 Å². The van der Waals surface area contributed by atoms with E-state index in [1.54, 1.807) is 18.3 Å². The fourth-order valence-electron chi connectivity index (χ4n) is 2.78. The van der Waals surface area contributed by atoms with Crippen molar-refractivity contribution in [3.63, 3.8) is 0 Å². The minimum absolute atomic E-state index is 0.215. The Labute approximate surface area is 146 Å². The van der Waals surface area contributed by atoms with E-state index in [0.717, 1.165) is 18.4 Å². The Morgan fingerprint density at radius 1 is 1.15 bits per heavy atom. The molecule has 1 fully saturated rings. The predicted molar refractivity (Wildman–Crippen MR) is 88.7 cm³/mol. The molecule has 1 aliphatic rings. The quantitative estimate of drug-likeness (QED) is 0.760. The van der Waals surface area contributed by atoms with Crippen LogP contribution in [0.4, 0.5) is 13.2 Å². The zero-order chi connectivity index (χ0) is 18.3. The Bertz CT molecular complexity index is 983. The van der Waals surface area contributed by atoms with Crippen LogP contribution in [-0.2, 0) is 0 Å². The molecule has 1 N–H and O–H groups in total. The molecule has 0 aliphatic heterocycles. The summed E-state index contributed by atoms with van der Waals surface area (Å²) in [6, 6.07) is 9.12. The number of aromatic amines is 1. The molecule has 5 nitrogen and oxygen atoms in total. The number of halogens is 3. The Kier molecular flexibility index (Phi) is 3.82. The van der Waals surface area contributed by atoms with Crippen molar-refractivity contribution in [2.45, 2.75) is 25.2 Å². The van der Waals surface area contributed by atoms with Crippen LogP contribution in [0.25, 0.3) is 22.6 Å². The van der Waals surface area contributed by atoms with Gasteiger partial charge in [0.05, 0.1) is 5.69 Å². The summed E-state index contributed by atoms with van der Waals surface area (Å²) in [6.07, 6.45) is 0.665. The number of benzene rings is 1. The Balaban J connectivity index is 1.75. The molecular weight excluding hydrogens is 347 g/mol. The molecule has 2 heterocycles. The van der Waals surface area contributed by atoms with Gasteiger partial charge in [-0.05, 0) is 31.0 Å². The van der Waals surface area contributed by atoms with Gasteiger partial charge in [0.2, 0.25) is 5.56 Å². The first-order valence-electron chi connectivity index (χ1n) is 8.03. The molecule has 0 saturated heterocycles. The summed E-state index contributed by atoms with van der Waals surface area (Å²) < 4.78 is 43.4. The largest absolute Gasteiger partial charge is 0.573 e. The number of hydrogen-bond acceptors (Lipinski definition) is 3. The molecule has 0 amide bonds. The van der Waals surface area contributed by atoms with E-state index in [-0.39, 0.29) is 17.4 Å². The highest BCUT2D eigenvalue weighted by atomic mass is 19.4. The van der Waals surface area contributed by atoms with Gasteiger partial charge in [0.15, 0.2) is 0 Å². The van der Waals surface area contributed by atoms with E-state index in [1.807, 2.05) is 10.8 Å². The molecule has 1 aromatic carbocycles. The standard InChI is InChI=1S/C18H14F3N3O2/c19-18(20,21)26-14-3-1-2-11(8-14)17-23-15(10-24(17)13-5-6-13)12-4-7-16(25)22-9-12/h1-4,7-10,13H,5-6H2,(H,22,25). The second kappa shape index (κ2) is 6.05. The fourth-order valence-corrected chi connectivity index (χ4v) is 2.78. The number of pyridine rings is 1. The molecule has 2 aromatic heterocycles. The average molecular weight is 361 g/mol. The molecule has 0 atom stereocenters. The van der Waals surface area contributed by atoms with Crippen molar-refractivity contribution in [2.24, 2.45) is 0 Å². The number of ether oxygens (including phenoxy) is 1. The van der Waals surface area contributed by atoms with Crippen molar-refractivity contribution >= 4 is 0 Å². The van der Waals surface area contributed by atoms with Gasteiger partial charge in [-0.15, -0.1) is 13.2 Å². The first-order chi connectivity index (χ1) is 12.4. The van der Waals surface area contributed by atoms with Crippen LogP contribution in [0.2, 0.25) is 0 Å². The van der Waals surface area contributed by atoms with E-state index in [9.17, 15) is 18.0 Å². The summed E-state index contributed by atoms with van der Waals surface area (Å²) in [5.41, 5.74) is 1.69. The SMILES string of the molecule is O=c1ccc(-c2cn(C3CC3)c(-c3cccc(OC(F)(F)F)c3)n2)c[nH]1. The number of nitrogens with zero attached hydrogens (tertiary/aromatic N) is 2. The number of alkyl halides is 3. The summed E-state index contributed by atoms with van der Waals surface area (Å²) in [6.45, 7) is 0. The number of H-pyrrole nitrogens is 1. The van der Waals surface area contributed by atoms with Gasteiger partial charge in [-0.2, -0.15) is 0 Å². The molecular formula is C18H14F3N3O2. The molecule has 0 bridgehead atoms. The molecule has 1 saturated carbocycles. The number of hydrogen-bond donors (Lipinski definition) is 1.